The highest BCUT2D eigenvalue weighted by atomic mass is 19.1. The van der Waals surface area contributed by atoms with Gasteiger partial charge in [0.15, 0.2) is 17.3 Å². The Bertz CT molecular complexity index is 811. The van der Waals surface area contributed by atoms with E-state index in [0.29, 0.717) is 12.1 Å². The first-order valence-electron chi connectivity index (χ1n) is 9.53. The summed E-state index contributed by atoms with van der Waals surface area (Å²) in [5.41, 5.74) is 1.49. The van der Waals surface area contributed by atoms with Crippen molar-refractivity contribution >= 4 is 5.78 Å². The molecule has 0 unspecified atom stereocenters. The van der Waals surface area contributed by atoms with E-state index in [1.54, 1.807) is 6.07 Å². The molecule has 0 bridgehead atoms. The van der Waals surface area contributed by atoms with Crippen molar-refractivity contribution in [3.8, 4) is 11.5 Å². The fraction of sp³-hybridized carbons (Fsp3) is 0.409. The summed E-state index contributed by atoms with van der Waals surface area (Å²) in [4.78, 5) is 15.1. The number of halogens is 1. The number of Topliss-reactive ketones (excluding diaryl/α,β-unsaturated/α-hetero) is 1. The molecule has 6 heteroatoms. The van der Waals surface area contributed by atoms with Gasteiger partial charge in [-0.15, -0.1) is 0 Å². The van der Waals surface area contributed by atoms with Gasteiger partial charge < -0.3 is 14.6 Å². The number of aliphatic hydroxyl groups is 1. The van der Waals surface area contributed by atoms with Crippen LogP contribution < -0.4 is 9.47 Å². The number of hydrogen-bond acceptors (Lipinski definition) is 5. The lowest BCUT2D eigenvalue weighted by Gasteiger charge is -2.32. The molecule has 2 aromatic carbocycles. The Morgan fingerprint density at radius 3 is 2.89 bits per heavy atom. The minimum atomic E-state index is -0.513. The molecule has 28 heavy (non-hydrogen) atoms. The molecule has 0 spiro atoms. The average Bonchev–Trinajstić information content (AvgIpc) is 2.72. The largest absolute Gasteiger partial charge is 0.494 e. The first-order valence-corrected chi connectivity index (χ1v) is 9.53. The van der Waals surface area contributed by atoms with E-state index in [-0.39, 0.29) is 30.7 Å². The van der Waals surface area contributed by atoms with Crippen LogP contribution in [-0.2, 0) is 6.54 Å². The number of benzene rings is 2. The number of ether oxygens (including phenoxy) is 2. The Kier molecular flexibility index (Phi) is 7.01. The van der Waals surface area contributed by atoms with Crippen LogP contribution >= 0.6 is 0 Å². The maximum absolute atomic E-state index is 14.0. The number of likely N-dealkylation sites (tertiary alicyclic amines) is 1. The fourth-order valence-corrected chi connectivity index (χ4v) is 3.62. The zero-order chi connectivity index (χ0) is 19.9. The van der Waals surface area contributed by atoms with Gasteiger partial charge in [-0.1, -0.05) is 12.1 Å². The van der Waals surface area contributed by atoms with E-state index >= 15 is 0 Å². The van der Waals surface area contributed by atoms with Gasteiger partial charge >= 0.3 is 0 Å². The fourth-order valence-electron chi connectivity index (χ4n) is 3.62. The van der Waals surface area contributed by atoms with E-state index < -0.39 is 5.82 Å². The van der Waals surface area contributed by atoms with Crippen molar-refractivity contribution in [3.63, 3.8) is 0 Å². The van der Waals surface area contributed by atoms with Crippen LogP contribution in [0.15, 0.2) is 42.5 Å². The summed E-state index contributed by atoms with van der Waals surface area (Å²) in [5, 5.41) is 8.88. The summed E-state index contributed by atoms with van der Waals surface area (Å²) in [6.07, 6.45) is 1.73. The van der Waals surface area contributed by atoms with Crippen LogP contribution in [0.2, 0.25) is 0 Å². The molecule has 5 nitrogen and oxygen atoms in total. The molecule has 0 aliphatic carbocycles. The van der Waals surface area contributed by atoms with Gasteiger partial charge in [-0.25, -0.2) is 4.39 Å². The van der Waals surface area contributed by atoms with Crippen molar-refractivity contribution in [2.75, 3.05) is 33.4 Å². The summed E-state index contributed by atoms with van der Waals surface area (Å²) in [6, 6.07) is 12.2. The molecule has 0 aromatic heterocycles. The molecule has 1 atom stereocenters. The number of nitrogens with zero attached hydrogens (tertiary/aromatic N) is 1. The van der Waals surface area contributed by atoms with Crippen molar-refractivity contribution < 1.29 is 23.8 Å². The standard InChI is InChI=1S/C22H26FNO4/c1-27-21-8-7-17(13-20(21)23)22(26)18-5-3-9-24(15-18)14-16-4-2-6-19(12-16)28-11-10-25/h2,4,6-8,12-13,18,25H,3,5,9-11,14-15H2,1H3/t18-/m0/s1. The van der Waals surface area contributed by atoms with Crippen LogP contribution in [0.4, 0.5) is 4.39 Å². The van der Waals surface area contributed by atoms with E-state index in [1.165, 1.54) is 19.2 Å². The second kappa shape index (κ2) is 9.66. The summed E-state index contributed by atoms with van der Waals surface area (Å²) in [6.45, 7) is 2.53. The van der Waals surface area contributed by atoms with Gasteiger partial charge in [0, 0.05) is 24.6 Å². The number of piperidine rings is 1. The van der Waals surface area contributed by atoms with Gasteiger partial charge in [0.2, 0.25) is 0 Å². The predicted octanol–water partition coefficient (Wildman–Crippen LogP) is 3.30. The SMILES string of the molecule is COc1ccc(C(=O)[C@H]2CCCN(Cc3cccc(OCCO)c3)C2)cc1F. The molecule has 3 rings (SSSR count). The Balaban J connectivity index is 1.64. The zero-order valence-electron chi connectivity index (χ0n) is 16.1. The van der Waals surface area contributed by atoms with Crippen LogP contribution in [0.25, 0.3) is 0 Å². The Labute approximate surface area is 164 Å². The molecule has 1 aliphatic heterocycles. The van der Waals surface area contributed by atoms with E-state index in [0.717, 1.165) is 37.2 Å². The smallest absolute Gasteiger partial charge is 0.167 e. The molecule has 0 radical (unpaired) electrons. The number of carbonyl (C=O) groups is 1. The molecule has 0 amide bonds. The third-order valence-electron chi connectivity index (χ3n) is 4.98. The number of carbonyl (C=O) groups excluding carboxylic acids is 1. The van der Waals surface area contributed by atoms with Crippen LogP contribution in [-0.4, -0.2) is 49.2 Å². The van der Waals surface area contributed by atoms with E-state index in [4.69, 9.17) is 14.6 Å². The van der Waals surface area contributed by atoms with Crippen LogP contribution in [0.1, 0.15) is 28.8 Å². The average molecular weight is 387 g/mol. The molecule has 1 aliphatic rings. The number of methoxy groups -OCH3 is 1. The molecule has 1 saturated heterocycles. The van der Waals surface area contributed by atoms with Crippen LogP contribution in [0, 0.1) is 11.7 Å². The second-order valence-electron chi connectivity index (χ2n) is 7.01. The van der Waals surface area contributed by atoms with Crippen molar-refractivity contribution in [1.82, 2.24) is 4.90 Å². The van der Waals surface area contributed by atoms with Gasteiger partial charge in [-0.05, 0) is 55.3 Å². The van der Waals surface area contributed by atoms with Gasteiger partial charge in [0.05, 0.1) is 13.7 Å². The van der Waals surface area contributed by atoms with Crippen LogP contribution in [0.5, 0.6) is 11.5 Å². The maximum Gasteiger partial charge on any atom is 0.167 e. The lowest BCUT2D eigenvalue weighted by molar-refractivity contribution is 0.0811. The highest BCUT2D eigenvalue weighted by Gasteiger charge is 2.27. The van der Waals surface area contributed by atoms with E-state index in [2.05, 4.69) is 4.90 Å². The summed E-state index contributed by atoms with van der Waals surface area (Å²) in [5.74, 6) is 0.192. The maximum atomic E-state index is 14.0. The monoisotopic (exact) mass is 387 g/mol. The first-order chi connectivity index (χ1) is 13.6. The Morgan fingerprint density at radius 2 is 2.14 bits per heavy atom. The molecule has 0 saturated carbocycles. The second-order valence-corrected chi connectivity index (χ2v) is 7.01. The molecule has 1 heterocycles. The van der Waals surface area contributed by atoms with Crippen molar-refractivity contribution in [1.29, 1.82) is 0 Å². The quantitative estimate of drug-likeness (QED) is 0.705. The summed E-state index contributed by atoms with van der Waals surface area (Å²) in [7, 11) is 1.41. The number of aliphatic hydroxyl groups excluding tert-OH is 1. The third-order valence-corrected chi connectivity index (χ3v) is 4.98. The molecule has 2 aromatic rings. The molecule has 1 N–H and O–H groups in total. The van der Waals surface area contributed by atoms with Crippen molar-refractivity contribution in [2.45, 2.75) is 19.4 Å². The van der Waals surface area contributed by atoms with Gasteiger partial charge in [0.1, 0.15) is 12.4 Å². The molecular weight excluding hydrogens is 361 g/mol. The van der Waals surface area contributed by atoms with E-state index in [1.807, 2.05) is 24.3 Å². The minimum Gasteiger partial charge on any atom is -0.494 e. The lowest BCUT2D eigenvalue weighted by atomic mass is 9.89. The van der Waals surface area contributed by atoms with Gasteiger partial charge in [-0.3, -0.25) is 9.69 Å². The minimum absolute atomic E-state index is 0.0217. The number of hydrogen-bond donors (Lipinski definition) is 1. The highest BCUT2D eigenvalue weighted by Crippen LogP contribution is 2.25. The molecule has 150 valence electrons. The summed E-state index contributed by atoms with van der Waals surface area (Å²) >= 11 is 0. The number of rotatable bonds is 8. The topological polar surface area (TPSA) is 59.0 Å². The van der Waals surface area contributed by atoms with Crippen LogP contribution in [0.3, 0.4) is 0 Å². The normalized spacial score (nSPS) is 17.3. The van der Waals surface area contributed by atoms with Crippen molar-refractivity contribution in [2.24, 2.45) is 5.92 Å². The summed E-state index contributed by atoms with van der Waals surface area (Å²) < 4.78 is 24.3. The van der Waals surface area contributed by atoms with E-state index in [9.17, 15) is 9.18 Å². The third kappa shape index (κ3) is 5.09. The van der Waals surface area contributed by atoms with Gasteiger partial charge in [-0.2, -0.15) is 0 Å². The number of ketones is 1. The van der Waals surface area contributed by atoms with Gasteiger partial charge in [0.25, 0.3) is 0 Å². The Morgan fingerprint density at radius 1 is 1.29 bits per heavy atom. The Hall–Kier alpha value is -2.44. The van der Waals surface area contributed by atoms with Crippen molar-refractivity contribution in [3.05, 3.63) is 59.4 Å². The molecular formula is C22H26FNO4. The zero-order valence-corrected chi connectivity index (χ0v) is 16.1. The highest BCUT2D eigenvalue weighted by molar-refractivity contribution is 5.98. The molecule has 1 fully saturated rings. The predicted molar refractivity (Wildman–Crippen MR) is 104 cm³/mol. The first kappa shape index (κ1) is 20.3. The lowest BCUT2D eigenvalue weighted by Crippen LogP contribution is -2.38.